The van der Waals surface area contributed by atoms with Gasteiger partial charge in [0.1, 0.15) is 11.3 Å². The molecule has 1 atom stereocenters. The van der Waals surface area contributed by atoms with E-state index in [2.05, 4.69) is 15.6 Å². The van der Waals surface area contributed by atoms with Crippen LogP contribution in [0.25, 0.3) is 22.6 Å². The molecule has 1 heterocycles. The van der Waals surface area contributed by atoms with Gasteiger partial charge in [-0.25, -0.2) is 4.98 Å². The lowest BCUT2D eigenvalue weighted by Crippen LogP contribution is -2.29. The van der Waals surface area contributed by atoms with Crippen LogP contribution in [0.1, 0.15) is 24.9 Å². The number of para-hydroxylation sites is 2. The summed E-state index contributed by atoms with van der Waals surface area (Å²) in [5.74, 6) is 0.809. The van der Waals surface area contributed by atoms with Crippen molar-refractivity contribution in [3.05, 3.63) is 78.4 Å². The van der Waals surface area contributed by atoms with E-state index in [9.17, 15) is 9.59 Å². The smallest absolute Gasteiger partial charge is 0.227 e. The number of methoxy groups -OCH3 is 1. The molecule has 2 amide bonds. The van der Waals surface area contributed by atoms with Crippen LogP contribution in [0.2, 0.25) is 0 Å². The minimum atomic E-state index is -0.447. The van der Waals surface area contributed by atoms with Gasteiger partial charge in [-0.05, 0) is 54.1 Å². The molecule has 3 aromatic carbocycles. The number of carbonyl (C=O) groups excluding carboxylic acids is 2. The van der Waals surface area contributed by atoms with Crippen LogP contribution in [0.5, 0.6) is 5.75 Å². The fourth-order valence-corrected chi connectivity index (χ4v) is 3.42. The first-order valence-corrected chi connectivity index (χ1v) is 10.2. The first kappa shape index (κ1) is 21.1. The summed E-state index contributed by atoms with van der Waals surface area (Å²) in [6.45, 7) is 1.43. The molecule has 2 N–H and O–H groups in total. The number of oxazole rings is 1. The van der Waals surface area contributed by atoms with Gasteiger partial charge in [-0.2, -0.15) is 0 Å². The van der Waals surface area contributed by atoms with Gasteiger partial charge in [0, 0.05) is 18.2 Å². The molecule has 1 unspecified atom stereocenters. The Hall–Kier alpha value is -4.13. The monoisotopic (exact) mass is 429 g/mol. The summed E-state index contributed by atoms with van der Waals surface area (Å²) in [7, 11) is 1.59. The van der Waals surface area contributed by atoms with Crippen LogP contribution in [0.4, 0.5) is 5.69 Å². The summed E-state index contributed by atoms with van der Waals surface area (Å²) < 4.78 is 11.0. The zero-order chi connectivity index (χ0) is 22.5. The van der Waals surface area contributed by atoms with Gasteiger partial charge in [-0.15, -0.1) is 0 Å². The van der Waals surface area contributed by atoms with Crippen molar-refractivity contribution in [1.82, 2.24) is 10.3 Å². The number of nitrogens with zero attached hydrogens (tertiary/aromatic N) is 1. The van der Waals surface area contributed by atoms with Gasteiger partial charge in [-0.1, -0.05) is 24.3 Å². The molecule has 0 radical (unpaired) electrons. The van der Waals surface area contributed by atoms with E-state index in [4.69, 9.17) is 9.15 Å². The van der Waals surface area contributed by atoms with Crippen molar-refractivity contribution in [2.24, 2.45) is 0 Å². The quantitative estimate of drug-likeness (QED) is 0.444. The van der Waals surface area contributed by atoms with Gasteiger partial charge in [-0.3, -0.25) is 9.59 Å². The molecule has 0 fully saturated rings. The molecule has 0 saturated heterocycles. The zero-order valence-electron chi connectivity index (χ0n) is 17.8. The van der Waals surface area contributed by atoms with Crippen LogP contribution >= 0.6 is 0 Å². The third-order valence-corrected chi connectivity index (χ3v) is 4.99. The third-order valence-electron chi connectivity index (χ3n) is 4.99. The fourth-order valence-electron chi connectivity index (χ4n) is 3.42. The van der Waals surface area contributed by atoms with Crippen LogP contribution in [-0.2, 0) is 9.59 Å². The Morgan fingerprint density at radius 1 is 1.00 bits per heavy atom. The Bertz CT molecular complexity index is 1200. The van der Waals surface area contributed by atoms with Crippen LogP contribution in [0.3, 0.4) is 0 Å². The van der Waals surface area contributed by atoms with E-state index in [1.807, 2.05) is 48.5 Å². The summed E-state index contributed by atoms with van der Waals surface area (Å²) >= 11 is 0. The van der Waals surface area contributed by atoms with Crippen molar-refractivity contribution < 1.29 is 18.7 Å². The summed E-state index contributed by atoms with van der Waals surface area (Å²) in [4.78, 5) is 28.8. The van der Waals surface area contributed by atoms with Crippen molar-refractivity contribution in [3.8, 4) is 17.2 Å². The SMILES string of the molecule is COc1ccc(C(CC(=O)Nc2ccc(-c3nc4ccccc4o3)cc2)NC(C)=O)cc1. The Morgan fingerprint density at radius 2 is 1.72 bits per heavy atom. The van der Waals surface area contributed by atoms with E-state index in [1.165, 1.54) is 6.92 Å². The third kappa shape index (κ3) is 4.95. The van der Waals surface area contributed by atoms with Crippen molar-refractivity contribution in [2.45, 2.75) is 19.4 Å². The molecule has 32 heavy (non-hydrogen) atoms. The average molecular weight is 429 g/mol. The first-order valence-electron chi connectivity index (χ1n) is 10.2. The highest BCUT2D eigenvalue weighted by molar-refractivity contribution is 5.92. The number of hydrogen-bond donors (Lipinski definition) is 2. The lowest BCUT2D eigenvalue weighted by Gasteiger charge is -2.18. The lowest BCUT2D eigenvalue weighted by atomic mass is 10.0. The Morgan fingerprint density at radius 3 is 2.38 bits per heavy atom. The van der Waals surface area contributed by atoms with Gasteiger partial charge < -0.3 is 19.8 Å². The molecule has 0 saturated carbocycles. The second-order valence-electron chi connectivity index (χ2n) is 7.34. The molecule has 162 valence electrons. The molecular weight excluding hydrogens is 406 g/mol. The lowest BCUT2D eigenvalue weighted by molar-refractivity contribution is -0.120. The molecule has 0 spiro atoms. The number of hydrogen-bond acceptors (Lipinski definition) is 5. The number of fused-ring (bicyclic) bond motifs is 1. The van der Waals surface area contributed by atoms with Gasteiger partial charge in [0.05, 0.1) is 19.6 Å². The maximum atomic E-state index is 12.7. The average Bonchev–Trinajstić information content (AvgIpc) is 3.23. The predicted octanol–water partition coefficient (Wildman–Crippen LogP) is 4.71. The molecule has 0 aliphatic rings. The van der Waals surface area contributed by atoms with Gasteiger partial charge in [0.2, 0.25) is 17.7 Å². The highest BCUT2D eigenvalue weighted by atomic mass is 16.5. The fraction of sp³-hybridized carbons (Fsp3) is 0.160. The summed E-state index contributed by atoms with van der Waals surface area (Å²) in [5.41, 5.74) is 3.80. The van der Waals surface area contributed by atoms with Crippen molar-refractivity contribution >= 4 is 28.6 Å². The first-order chi connectivity index (χ1) is 15.5. The van der Waals surface area contributed by atoms with E-state index in [0.29, 0.717) is 17.3 Å². The van der Waals surface area contributed by atoms with Crippen LogP contribution in [0, 0.1) is 0 Å². The Balaban J connectivity index is 1.44. The second kappa shape index (κ2) is 9.34. The van der Waals surface area contributed by atoms with Crippen LogP contribution in [-0.4, -0.2) is 23.9 Å². The number of rotatable bonds is 7. The maximum absolute atomic E-state index is 12.7. The number of ether oxygens (including phenoxy) is 1. The Kier molecular flexibility index (Phi) is 6.17. The minimum Gasteiger partial charge on any atom is -0.497 e. The van der Waals surface area contributed by atoms with Crippen LogP contribution < -0.4 is 15.4 Å². The number of amides is 2. The normalized spacial score (nSPS) is 11.7. The van der Waals surface area contributed by atoms with E-state index >= 15 is 0 Å². The van der Waals surface area contributed by atoms with E-state index in [-0.39, 0.29) is 18.2 Å². The molecule has 0 aliphatic heterocycles. The van der Waals surface area contributed by atoms with Gasteiger partial charge >= 0.3 is 0 Å². The summed E-state index contributed by atoms with van der Waals surface area (Å²) in [6, 6.07) is 21.7. The molecule has 4 aromatic rings. The maximum Gasteiger partial charge on any atom is 0.227 e. The molecular formula is C25H23N3O4. The van der Waals surface area contributed by atoms with Crippen molar-refractivity contribution in [3.63, 3.8) is 0 Å². The molecule has 4 rings (SSSR count). The number of aromatic nitrogens is 1. The standard InChI is InChI=1S/C25H23N3O4/c1-16(29)26-22(17-9-13-20(31-2)14-10-17)15-24(30)27-19-11-7-18(8-12-19)25-28-21-5-3-4-6-23(21)32-25/h3-14,22H,15H2,1-2H3,(H,26,29)(H,27,30). The minimum absolute atomic E-state index is 0.0960. The molecule has 0 aliphatic carbocycles. The number of benzene rings is 3. The largest absolute Gasteiger partial charge is 0.497 e. The van der Waals surface area contributed by atoms with Crippen LogP contribution in [0.15, 0.2) is 77.2 Å². The highest BCUT2D eigenvalue weighted by Gasteiger charge is 2.18. The second-order valence-corrected chi connectivity index (χ2v) is 7.34. The summed E-state index contributed by atoms with van der Waals surface area (Å²) in [6.07, 6.45) is 0.0960. The van der Waals surface area contributed by atoms with E-state index < -0.39 is 6.04 Å². The van der Waals surface area contributed by atoms with Crippen molar-refractivity contribution in [2.75, 3.05) is 12.4 Å². The predicted molar refractivity (Wildman–Crippen MR) is 122 cm³/mol. The molecule has 1 aromatic heterocycles. The topological polar surface area (TPSA) is 93.5 Å². The molecule has 7 heteroatoms. The molecule has 0 bridgehead atoms. The summed E-state index contributed by atoms with van der Waals surface area (Å²) in [5, 5.41) is 5.71. The van der Waals surface area contributed by atoms with Gasteiger partial charge in [0.25, 0.3) is 0 Å². The Labute approximate surface area is 185 Å². The van der Waals surface area contributed by atoms with Crippen molar-refractivity contribution in [1.29, 1.82) is 0 Å². The zero-order valence-corrected chi connectivity index (χ0v) is 17.8. The van der Waals surface area contributed by atoms with E-state index in [1.54, 1.807) is 31.4 Å². The highest BCUT2D eigenvalue weighted by Crippen LogP contribution is 2.26. The number of carbonyl (C=O) groups is 2. The number of anilines is 1. The molecule has 7 nitrogen and oxygen atoms in total. The van der Waals surface area contributed by atoms with Gasteiger partial charge in [0.15, 0.2) is 5.58 Å². The van der Waals surface area contributed by atoms with E-state index in [0.717, 1.165) is 22.2 Å². The number of nitrogens with one attached hydrogen (secondary N) is 2.